The number of benzene rings is 1. The number of carbonyl (C=O) groups is 2. The van der Waals surface area contributed by atoms with Crippen molar-refractivity contribution in [2.24, 2.45) is 0 Å². The van der Waals surface area contributed by atoms with E-state index in [-0.39, 0.29) is 21.4 Å². The maximum Gasteiger partial charge on any atom is 0.340 e. The van der Waals surface area contributed by atoms with Crippen molar-refractivity contribution in [2.45, 2.75) is 6.92 Å². The van der Waals surface area contributed by atoms with Gasteiger partial charge in [0.2, 0.25) is 0 Å². The third-order valence-corrected chi connectivity index (χ3v) is 3.79. The molecule has 0 radical (unpaired) electrons. The molecule has 2 rings (SSSR count). The molecule has 0 fully saturated rings. The highest BCUT2D eigenvalue weighted by Gasteiger charge is 2.15. The van der Waals surface area contributed by atoms with E-state index in [4.69, 9.17) is 39.5 Å². The largest absolute Gasteiger partial charge is 0.452 e. The lowest BCUT2D eigenvalue weighted by Gasteiger charge is -2.09. The van der Waals surface area contributed by atoms with Gasteiger partial charge in [-0.1, -0.05) is 46.9 Å². The molecule has 5 nitrogen and oxygen atoms in total. The van der Waals surface area contributed by atoms with Crippen molar-refractivity contribution in [2.75, 3.05) is 11.9 Å². The average molecular weight is 374 g/mol. The second-order valence-corrected chi connectivity index (χ2v) is 5.71. The van der Waals surface area contributed by atoms with Gasteiger partial charge in [-0.2, -0.15) is 0 Å². The zero-order valence-electron chi connectivity index (χ0n) is 11.9. The Morgan fingerprint density at radius 2 is 1.83 bits per heavy atom. The van der Waals surface area contributed by atoms with E-state index in [1.165, 1.54) is 12.1 Å². The smallest absolute Gasteiger partial charge is 0.340 e. The molecule has 1 aromatic heterocycles. The van der Waals surface area contributed by atoms with E-state index < -0.39 is 18.5 Å². The molecule has 1 amide bonds. The van der Waals surface area contributed by atoms with Crippen molar-refractivity contribution < 1.29 is 14.3 Å². The van der Waals surface area contributed by atoms with Gasteiger partial charge in [0.25, 0.3) is 5.91 Å². The molecule has 2 aromatic rings. The first kappa shape index (κ1) is 17.5. The van der Waals surface area contributed by atoms with E-state index in [1.807, 2.05) is 0 Å². The number of aromatic nitrogens is 1. The number of hydrogen-bond acceptors (Lipinski definition) is 4. The van der Waals surface area contributed by atoms with Crippen LogP contribution in [0.4, 0.5) is 5.82 Å². The first-order valence-corrected chi connectivity index (χ1v) is 7.56. The maximum atomic E-state index is 11.8. The van der Waals surface area contributed by atoms with Crippen molar-refractivity contribution >= 4 is 52.5 Å². The third kappa shape index (κ3) is 4.58. The lowest BCUT2D eigenvalue weighted by Crippen LogP contribution is -2.22. The standard InChI is InChI=1S/C15H11Cl3N2O3/c1-8-11(17)6-12(18)14(19-8)20-13(21)7-23-15(22)9-4-2-3-5-10(9)16/h2-6H,7H2,1H3,(H,19,20,21). The number of ether oxygens (including phenoxy) is 1. The van der Waals surface area contributed by atoms with Gasteiger partial charge in [0.1, 0.15) is 0 Å². The van der Waals surface area contributed by atoms with Crippen molar-refractivity contribution in [1.29, 1.82) is 0 Å². The Hall–Kier alpha value is -1.82. The Labute approximate surface area is 147 Å². The molecule has 0 atom stereocenters. The highest BCUT2D eigenvalue weighted by molar-refractivity contribution is 6.36. The number of aryl methyl sites for hydroxylation is 1. The van der Waals surface area contributed by atoms with Crippen LogP contribution in [-0.4, -0.2) is 23.5 Å². The van der Waals surface area contributed by atoms with Crippen molar-refractivity contribution in [3.05, 3.63) is 56.7 Å². The molecule has 0 saturated carbocycles. The van der Waals surface area contributed by atoms with Gasteiger partial charge in [0.05, 0.1) is 26.3 Å². The number of esters is 1. The summed E-state index contributed by atoms with van der Waals surface area (Å²) in [5.74, 6) is -1.13. The third-order valence-electron chi connectivity index (χ3n) is 2.79. The fourth-order valence-corrected chi connectivity index (χ4v) is 2.27. The SMILES string of the molecule is Cc1nc(NC(=O)COC(=O)c2ccccc2Cl)c(Cl)cc1Cl. The molecule has 0 aliphatic rings. The fraction of sp³-hybridized carbons (Fsp3) is 0.133. The van der Waals surface area contributed by atoms with Crippen LogP contribution in [0.1, 0.15) is 16.1 Å². The van der Waals surface area contributed by atoms with Crippen LogP contribution in [0.3, 0.4) is 0 Å². The van der Waals surface area contributed by atoms with Gasteiger partial charge in [0, 0.05) is 0 Å². The Morgan fingerprint density at radius 1 is 1.13 bits per heavy atom. The highest BCUT2D eigenvalue weighted by Crippen LogP contribution is 2.25. The van der Waals surface area contributed by atoms with Crippen LogP contribution in [0.2, 0.25) is 15.1 Å². The number of pyridine rings is 1. The number of nitrogens with one attached hydrogen (secondary N) is 1. The van der Waals surface area contributed by atoms with Crippen LogP contribution in [0.15, 0.2) is 30.3 Å². The molecule has 0 unspecified atom stereocenters. The lowest BCUT2D eigenvalue weighted by atomic mass is 10.2. The molecule has 0 bridgehead atoms. The van der Waals surface area contributed by atoms with Gasteiger partial charge in [-0.05, 0) is 25.1 Å². The monoisotopic (exact) mass is 372 g/mol. The molecule has 0 saturated heterocycles. The minimum atomic E-state index is -0.697. The Morgan fingerprint density at radius 3 is 2.52 bits per heavy atom. The molecule has 0 aliphatic heterocycles. The summed E-state index contributed by atoms with van der Waals surface area (Å²) in [4.78, 5) is 27.7. The Bertz CT molecular complexity index is 766. The molecular formula is C15H11Cl3N2O3. The predicted molar refractivity (Wildman–Crippen MR) is 89.4 cm³/mol. The van der Waals surface area contributed by atoms with Gasteiger partial charge in [0.15, 0.2) is 12.4 Å². The van der Waals surface area contributed by atoms with Crippen LogP contribution in [0.25, 0.3) is 0 Å². The van der Waals surface area contributed by atoms with Crippen LogP contribution in [0.5, 0.6) is 0 Å². The van der Waals surface area contributed by atoms with Gasteiger partial charge in [-0.25, -0.2) is 9.78 Å². The number of hydrogen-bond donors (Lipinski definition) is 1. The summed E-state index contributed by atoms with van der Waals surface area (Å²) in [6.45, 7) is 1.18. The number of nitrogens with zero attached hydrogens (tertiary/aromatic N) is 1. The predicted octanol–water partition coefficient (Wildman–Crippen LogP) is 4.15. The number of amides is 1. The maximum absolute atomic E-state index is 11.8. The van der Waals surface area contributed by atoms with Crippen LogP contribution in [0, 0.1) is 6.92 Å². The van der Waals surface area contributed by atoms with Gasteiger partial charge < -0.3 is 10.1 Å². The highest BCUT2D eigenvalue weighted by atomic mass is 35.5. The second-order valence-electron chi connectivity index (χ2n) is 4.49. The molecule has 1 heterocycles. The molecule has 0 aliphatic carbocycles. The Balaban J connectivity index is 1.97. The van der Waals surface area contributed by atoms with Crippen molar-refractivity contribution in [3.63, 3.8) is 0 Å². The minimum Gasteiger partial charge on any atom is -0.452 e. The topological polar surface area (TPSA) is 68.3 Å². The number of rotatable bonds is 4. The van der Waals surface area contributed by atoms with E-state index in [1.54, 1.807) is 25.1 Å². The first-order chi connectivity index (χ1) is 10.9. The van der Waals surface area contributed by atoms with Gasteiger partial charge in [-0.15, -0.1) is 0 Å². The van der Waals surface area contributed by atoms with E-state index in [2.05, 4.69) is 10.3 Å². The second kappa shape index (κ2) is 7.64. The molecule has 0 spiro atoms. The quantitative estimate of drug-likeness (QED) is 0.818. The lowest BCUT2D eigenvalue weighted by molar-refractivity contribution is -0.119. The molecule has 120 valence electrons. The van der Waals surface area contributed by atoms with E-state index in [0.717, 1.165) is 0 Å². The summed E-state index contributed by atoms with van der Waals surface area (Å²) < 4.78 is 4.90. The van der Waals surface area contributed by atoms with Gasteiger partial charge in [-0.3, -0.25) is 4.79 Å². The number of anilines is 1. The molecular weight excluding hydrogens is 363 g/mol. The van der Waals surface area contributed by atoms with Crippen LogP contribution < -0.4 is 5.32 Å². The summed E-state index contributed by atoms with van der Waals surface area (Å²) in [5, 5.41) is 3.27. The normalized spacial score (nSPS) is 10.3. The van der Waals surface area contributed by atoms with Gasteiger partial charge >= 0.3 is 5.97 Å². The molecule has 23 heavy (non-hydrogen) atoms. The van der Waals surface area contributed by atoms with Crippen LogP contribution in [-0.2, 0) is 9.53 Å². The fourth-order valence-electron chi connectivity index (χ4n) is 1.65. The summed E-state index contributed by atoms with van der Waals surface area (Å²) in [6, 6.07) is 7.85. The molecule has 1 aromatic carbocycles. The average Bonchev–Trinajstić information content (AvgIpc) is 2.51. The summed E-state index contributed by atoms with van der Waals surface area (Å²) in [5.41, 5.74) is 0.694. The molecule has 1 N–H and O–H groups in total. The van der Waals surface area contributed by atoms with E-state index in [0.29, 0.717) is 10.7 Å². The van der Waals surface area contributed by atoms with E-state index >= 15 is 0 Å². The molecule has 8 heteroatoms. The van der Waals surface area contributed by atoms with Crippen molar-refractivity contribution in [1.82, 2.24) is 4.98 Å². The Kier molecular flexibility index (Phi) is 5.82. The zero-order valence-corrected chi connectivity index (χ0v) is 14.2. The minimum absolute atomic E-state index is 0.146. The van der Waals surface area contributed by atoms with E-state index in [9.17, 15) is 9.59 Å². The number of halogens is 3. The zero-order chi connectivity index (χ0) is 17.0. The summed E-state index contributed by atoms with van der Waals surface area (Å²) >= 11 is 17.7. The summed E-state index contributed by atoms with van der Waals surface area (Å²) in [6.07, 6.45) is 0. The summed E-state index contributed by atoms with van der Waals surface area (Å²) in [7, 11) is 0. The first-order valence-electron chi connectivity index (χ1n) is 6.42. The number of carbonyl (C=O) groups excluding carboxylic acids is 2. The van der Waals surface area contributed by atoms with Crippen LogP contribution >= 0.6 is 34.8 Å². The van der Waals surface area contributed by atoms with Crippen molar-refractivity contribution in [3.8, 4) is 0 Å².